The zero-order valence-electron chi connectivity index (χ0n) is 14.8. The van der Waals surface area contributed by atoms with Crippen molar-refractivity contribution >= 4 is 29.1 Å². The van der Waals surface area contributed by atoms with Crippen molar-refractivity contribution < 1.29 is 14.5 Å². The highest BCUT2D eigenvalue weighted by atomic mass is 35.5. The zero-order chi connectivity index (χ0) is 19.0. The van der Waals surface area contributed by atoms with Gasteiger partial charge in [-0.1, -0.05) is 31.4 Å². The summed E-state index contributed by atoms with van der Waals surface area (Å²) < 4.78 is 5.10. The molecule has 25 heavy (non-hydrogen) atoms. The number of primary amides is 1. The largest absolute Gasteiger partial charge is 0.446 e. The Labute approximate surface area is 152 Å². The Bertz CT molecular complexity index is 625. The predicted octanol–water partition coefficient (Wildman–Crippen LogP) is 4.11. The van der Waals surface area contributed by atoms with Crippen LogP contribution in [0.3, 0.4) is 0 Å². The summed E-state index contributed by atoms with van der Waals surface area (Å²) in [7, 11) is 0. The number of pyridine rings is 1. The Hall–Kier alpha value is -2.09. The van der Waals surface area contributed by atoms with Gasteiger partial charge in [0.05, 0.1) is 4.92 Å². The first-order valence-corrected chi connectivity index (χ1v) is 8.66. The fourth-order valence-corrected chi connectivity index (χ4v) is 2.82. The molecule has 0 bridgehead atoms. The molecule has 0 saturated carbocycles. The molecule has 0 aliphatic carbocycles. The van der Waals surface area contributed by atoms with E-state index in [0.717, 1.165) is 19.3 Å². The third-order valence-corrected chi connectivity index (χ3v) is 4.23. The lowest BCUT2D eigenvalue weighted by Gasteiger charge is -2.17. The van der Waals surface area contributed by atoms with Gasteiger partial charge in [-0.05, 0) is 33.1 Å². The van der Waals surface area contributed by atoms with E-state index in [9.17, 15) is 14.9 Å². The Kier molecular flexibility index (Phi) is 8.40. The van der Waals surface area contributed by atoms with Gasteiger partial charge >= 0.3 is 11.8 Å². The Morgan fingerprint density at radius 3 is 2.60 bits per heavy atom. The molecular weight excluding hydrogens is 348 g/mol. The molecule has 140 valence electrons. The van der Waals surface area contributed by atoms with E-state index in [-0.39, 0.29) is 16.9 Å². The van der Waals surface area contributed by atoms with Crippen molar-refractivity contribution in [1.29, 1.82) is 0 Å². The van der Waals surface area contributed by atoms with Gasteiger partial charge in [-0.25, -0.2) is 9.78 Å². The summed E-state index contributed by atoms with van der Waals surface area (Å²) >= 11 is 5.92. The Morgan fingerprint density at radius 2 is 2.04 bits per heavy atom. The molecular formula is C16H25ClN4O4. The van der Waals surface area contributed by atoms with E-state index in [2.05, 4.69) is 17.2 Å². The summed E-state index contributed by atoms with van der Waals surface area (Å²) in [6, 6.07) is 0. The molecule has 0 fully saturated rings. The smallest absolute Gasteiger partial charge is 0.404 e. The van der Waals surface area contributed by atoms with Crippen LogP contribution in [-0.2, 0) is 4.74 Å². The molecule has 0 aliphatic heterocycles. The molecule has 0 aromatic carbocycles. The monoisotopic (exact) mass is 372 g/mol. The highest BCUT2D eigenvalue weighted by Gasteiger charge is 2.24. The van der Waals surface area contributed by atoms with Crippen molar-refractivity contribution in [2.75, 3.05) is 11.9 Å². The van der Waals surface area contributed by atoms with E-state index in [1.165, 1.54) is 0 Å². The number of aromatic nitrogens is 1. The number of amides is 1. The number of halogens is 1. The van der Waals surface area contributed by atoms with Gasteiger partial charge < -0.3 is 15.8 Å². The van der Waals surface area contributed by atoms with Crippen LogP contribution >= 0.6 is 11.6 Å². The van der Waals surface area contributed by atoms with Gasteiger partial charge in [0.2, 0.25) is 5.15 Å². The number of hydrogen-bond acceptors (Lipinski definition) is 6. The molecule has 1 aromatic heterocycles. The molecule has 1 rings (SSSR count). The van der Waals surface area contributed by atoms with Gasteiger partial charge in [0.15, 0.2) is 0 Å². The minimum Gasteiger partial charge on any atom is -0.446 e. The number of nitro groups is 1. The van der Waals surface area contributed by atoms with Crippen LogP contribution in [0.2, 0.25) is 5.15 Å². The molecule has 8 nitrogen and oxygen atoms in total. The average Bonchev–Trinajstić information content (AvgIpc) is 2.52. The highest BCUT2D eigenvalue weighted by Crippen LogP contribution is 2.35. The van der Waals surface area contributed by atoms with Crippen LogP contribution in [0.5, 0.6) is 0 Å². The second-order valence-electron chi connectivity index (χ2n) is 5.86. The molecule has 1 unspecified atom stereocenters. The summed E-state index contributed by atoms with van der Waals surface area (Å²) in [5.41, 5.74) is 6.57. The van der Waals surface area contributed by atoms with E-state index in [1.54, 1.807) is 13.8 Å². The van der Waals surface area contributed by atoms with Crippen LogP contribution in [0.25, 0.3) is 0 Å². The second kappa shape index (κ2) is 10.0. The summed E-state index contributed by atoms with van der Waals surface area (Å²) in [5.74, 6) is 0. The van der Waals surface area contributed by atoms with Crippen molar-refractivity contribution in [3.8, 4) is 0 Å². The van der Waals surface area contributed by atoms with Crippen molar-refractivity contribution in [2.45, 2.75) is 59.0 Å². The van der Waals surface area contributed by atoms with Crippen LogP contribution in [0.15, 0.2) is 0 Å². The molecule has 0 saturated heterocycles. The van der Waals surface area contributed by atoms with E-state index < -0.39 is 11.0 Å². The summed E-state index contributed by atoms with van der Waals surface area (Å²) in [5, 5.41) is 14.2. The zero-order valence-corrected chi connectivity index (χ0v) is 15.6. The number of nitrogens with two attached hydrogens (primary N) is 1. The minimum absolute atomic E-state index is 0.131. The van der Waals surface area contributed by atoms with Crippen molar-refractivity contribution in [3.63, 3.8) is 0 Å². The number of anilines is 1. The highest BCUT2D eigenvalue weighted by molar-refractivity contribution is 6.32. The first kappa shape index (κ1) is 21.0. The maximum Gasteiger partial charge on any atom is 0.404 e. The molecule has 1 amide bonds. The Morgan fingerprint density at radius 1 is 1.40 bits per heavy atom. The van der Waals surface area contributed by atoms with Crippen molar-refractivity contribution in [3.05, 3.63) is 26.5 Å². The average molecular weight is 373 g/mol. The van der Waals surface area contributed by atoms with Gasteiger partial charge in [-0.3, -0.25) is 10.1 Å². The van der Waals surface area contributed by atoms with Crippen LogP contribution in [0.4, 0.5) is 16.2 Å². The number of carbonyl (C=O) groups excluding carboxylic acids is 1. The maximum atomic E-state index is 11.3. The number of aryl methyl sites for hydroxylation is 1. The maximum absolute atomic E-state index is 11.3. The number of unbranched alkanes of at least 4 members (excludes halogenated alkanes) is 1. The third-order valence-electron chi connectivity index (χ3n) is 3.97. The fraction of sp³-hybridized carbons (Fsp3) is 0.625. The van der Waals surface area contributed by atoms with Gasteiger partial charge in [0.1, 0.15) is 11.8 Å². The third kappa shape index (κ3) is 6.38. The minimum atomic E-state index is -0.780. The molecule has 9 heteroatoms. The molecule has 0 aliphatic rings. The van der Waals surface area contributed by atoms with Gasteiger partial charge in [0.25, 0.3) is 0 Å². The topological polar surface area (TPSA) is 120 Å². The number of ether oxygens (including phenoxy) is 1. The predicted molar refractivity (Wildman–Crippen MR) is 97.1 cm³/mol. The SMILES string of the molecule is CCCCC(CCCNc1c(C)c(C)nc(Cl)c1[N+](=O)[O-])OC(N)=O. The van der Waals surface area contributed by atoms with Crippen LogP contribution < -0.4 is 11.1 Å². The standard InChI is InChI=1S/C16H25ClN4O4/c1-4-5-7-12(25-16(18)22)8-6-9-19-13-10(2)11(3)20-15(17)14(13)21(23)24/h12H,4-9H2,1-3H3,(H2,18,22)(H,19,20). The normalized spacial score (nSPS) is 11.8. The number of nitrogens with zero attached hydrogens (tertiary/aromatic N) is 2. The lowest BCUT2D eigenvalue weighted by molar-refractivity contribution is -0.384. The van der Waals surface area contributed by atoms with E-state index >= 15 is 0 Å². The van der Waals surface area contributed by atoms with E-state index in [1.807, 2.05) is 0 Å². The van der Waals surface area contributed by atoms with Gasteiger partial charge in [-0.15, -0.1) is 0 Å². The van der Waals surface area contributed by atoms with Gasteiger partial charge in [-0.2, -0.15) is 0 Å². The molecule has 1 heterocycles. The Balaban J connectivity index is 2.71. The first-order valence-electron chi connectivity index (χ1n) is 8.28. The second-order valence-corrected chi connectivity index (χ2v) is 6.22. The summed E-state index contributed by atoms with van der Waals surface area (Å²) in [6.45, 7) is 6.04. The molecule has 0 spiro atoms. The number of carbonyl (C=O) groups is 1. The molecule has 1 atom stereocenters. The first-order chi connectivity index (χ1) is 11.8. The quantitative estimate of drug-likeness (QED) is 0.276. The molecule has 1 aromatic rings. The van der Waals surface area contributed by atoms with Crippen LogP contribution in [0.1, 0.15) is 50.3 Å². The lowest BCUT2D eigenvalue weighted by Crippen LogP contribution is -2.23. The molecule has 3 N–H and O–H groups in total. The fourth-order valence-electron chi connectivity index (χ4n) is 2.53. The number of rotatable bonds is 10. The number of nitrogens with one attached hydrogen (secondary N) is 1. The summed E-state index contributed by atoms with van der Waals surface area (Å²) in [6.07, 6.45) is 2.96. The summed E-state index contributed by atoms with van der Waals surface area (Å²) in [4.78, 5) is 25.7. The number of hydrogen-bond donors (Lipinski definition) is 2. The van der Waals surface area contributed by atoms with E-state index in [4.69, 9.17) is 22.1 Å². The lowest BCUT2D eigenvalue weighted by atomic mass is 10.1. The van der Waals surface area contributed by atoms with Crippen LogP contribution in [-0.4, -0.2) is 28.6 Å². The van der Waals surface area contributed by atoms with E-state index in [0.29, 0.717) is 36.3 Å². The van der Waals surface area contributed by atoms with Crippen LogP contribution in [0, 0.1) is 24.0 Å². The molecule has 0 radical (unpaired) electrons. The van der Waals surface area contributed by atoms with Crippen molar-refractivity contribution in [2.24, 2.45) is 5.73 Å². The van der Waals surface area contributed by atoms with Crippen molar-refractivity contribution in [1.82, 2.24) is 4.98 Å². The van der Waals surface area contributed by atoms with Gasteiger partial charge in [0, 0.05) is 17.8 Å².